The van der Waals surface area contributed by atoms with Gasteiger partial charge in [-0.2, -0.15) is 9.89 Å². The quantitative estimate of drug-likeness (QED) is 0.399. The van der Waals surface area contributed by atoms with Crippen LogP contribution < -0.4 is 5.73 Å². The second kappa shape index (κ2) is 9.64. The Labute approximate surface area is 188 Å². The maximum absolute atomic E-state index is 13.1. The molecular weight excluding hydrogens is 410 g/mol. The van der Waals surface area contributed by atoms with Crippen LogP contribution in [0.3, 0.4) is 0 Å². The maximum Gasteiger partial charge on any atom is 0.425 e. The molecule has 0 atom stereocenters. The summed E-state index contributed by atoms with van der Waals surface area (Å²) < 4.78 is 10.8. The molecule has 0 bridgehead atoms. The minimum absolute atomic E-state index is 0.234. The molecule has 0 aliphatic carbocycles. The highest BCUT2D eigenvalue weighted by atomic mass is 16.6. The molecule has 0 unspecified atom stereocenters. The molecule has 0 radical (unpaired) electrons. The molecule has 0 aromatic heterocycles. The molecule has 8 nitrogen and oxygen atoms in total. The molecular formula is C24H29N3O5. The van der Waals surface area contributed by atoms with Crippen molar-refractivity contribution in [1.82, 2.24) is 4.90 Å². The number of nitrogen functional groups attached to an aromatic ring is 1. The van der Waals surface area contributed by atoms with Gasteiger partial charge in [0.15, 0.2) is 5.84 Å². The largest absolute Gasteiger partial charge is 0.443 e. The topological polar surface area (TPSA) is 111 Å². The molecule has 3 amide bonds. The van der Waals surface area contributed by atoms with Crippen LogP contribution in [0.25, 0.3) is 0 Å². The first-order valence-electron chi connectivity index (χ1n) is 10.1. The van der Waals surface area contributed by atoms with Gasteiger partial charge in [0, 0.05) is 16.8 Å². The van der Waals surface area contributed by atoms with Crippen molar-refractivity contribution in [1.29, 1.82) is 0 Å². The van der Waals surface area contributed by atoms with Gasteiger partial charge in [0.25, 0.3) is 5.91 Å². The Morgan fingerprint density at radius 1 is 0.750 bits per heavy atom. The van der Waals surface area contributed by atoms with Crippen molar-refractivity contribution >= 4 is 29.6 Å². The van der Waals surface area contributed by atoms with E-state index in [-0.39, 0.29) is 11.4 Å². The van der Waals surface area contributed by atoms with E-state index in [4.69, 9.17) is 15.2 Å². The number of nitrogens with two attached hydrogens (primary N) is 1. The smallest absolute Gasteiger partial charge is 0.425 e. The van der Waals surface area contributed by atoms with Gasteiger partial charge >= 0.3 is 12.2 Å². The van der Waals surface area contributed by atoms with E-state index in [2.05, 4.69) is 4.99 Å². The van der Waals surface area contributed by atoms with Crippen LogP contribution in [0.4, 0.5) is 15.3 Å². The molecule has 0 fully saturated rings. The van der Waals surface area contributed by atoms with Crippen molar-refractivity contribution in [2.45, 2.75) is 52.7 Å². The van der Waals surface area contributed by atoms with E-state index in [1.54, 1.807) is 96.1 Å². The molecule has 2 aromatic carbocycles. The average molecular weight is 440 g/mol. The van der Waals surface area contributed by atoms with Crippen molar-refractivity contribution in [3.8, 4) is 0 Å². The Balaban J connectivity index is 2.65. The number of rotatable bonds is 2. The van der Waals surface area contributed by atoms with Gasteiger partial charge in [-0.3, -0.25) is 4.79 Å². The number of carbonyl (C=O) groups excluding carboxylic acids is 3. The molecule has 0 heterocycles. The number of carbonyl (C=O) groups is 3. The molecule has 0 aliphatic rings. The molecule has 170 valence electrons. The number of aliphatic imine (C=N–C) groups is 1. The van der Waals surface area contributed by atoms with Crippen LogP contribution >= 0.6 is 0 Å². The van der Waals surface area contributed by atoms with E-state index >= 15 is 0 Å². The predicted molar refractivity (Wildman–Crippen MR) is 122 cm³/mol. The van der Waals surface area contributed by atoms with Crippen molar-refractivity contribution in [3.63, 3.8) is 0 Å². The molecule has 32 heavy (non-hydrogen) atoms. The third-order valence-electron chi connectivity index (χ3n) is 3.76. The number of anilines is 1. The fourth-order valence-corrected chi connectivity index (χ4v) is 2.48. The SMILES string of the molecule is CC(C)(C)OC(=O)N(C(=O)OC(C)(C)C)C(=NC(=O)c1ccccc1)c1ccc(N)cc1. The van der Waals surface area contributed by atoms with Crippen molar-refractivity contribution in [2.75, 3.05) is 5.73 Å². The van der Waals surface area contributed by atoms with E-state index < -0.39 is 29.3 Å². The van der Waals surface area contributed by atoms with Crippen LogP contribution in [0.5, 0.6) is 0 Å². The van der Waals surface area contributed by atoms with Gasteiger partial charge < -0.3 is 15.2 Å². The molecule has 2 aromatic rings. The number of ether oxygens (including phenoxy) is 2. The summed E-state index contributed by atoms with van der Waals surface area (Å²) in [5, 5.41) is 0. The summed E-state index contributed by atoms with van der Waals surface area (Å²) in [5.74, 6) is -0.878. The van der Waals surface area contributed by atoms with Crippen LogP contribution in [0.1, 0.15) is 57.5 Å². The highest BCUT2D eigenvalue weighted by molar-refractivity contribution is 6.19. The monoisotopic (exact) mass is 439 g/mol. The summed E-state index contributed by atoms with van der Waals surface area (Å²) in [4.78, 5) is 43.8. The normalized spacial score (nSPS) is 12.1. The summed E-state index contributed by atoms with van der Waals surface area (Å²) in [6, 6.07) is 14.5. The molecule has 2 N–H and O–H groups in total. The number of amidine groups is 1. The summed E-state index contributed by atoms with van der Waals surface area (Å²) in [7, 11) is 0. The Morgan fingerprint density at radius 3 is 1.66 bits per heavy atom. The molecule has 0 saturated heterocycles. The average Bonchev–Trinajstić information content (AvgIpc) is 2.66. The lowest BCUT2D eigenvalue weighted by molar-refractivity contribution is 0.0148. The molecule has 0 aliphatic heterocycles. The summed E-state index contributed by atoms with van der Waals surface area (Å²) in [6.07, 6.45) is -2.05. The number of amides is 3. The van der Waals surface area contributed by atoms with E-state index in [1.165, 1.54) is 0 Å². The van der Waals surface area contributed by atoms with Crippen molar-refractivity contribution < 1.29 is 23.9 Å². The van der Waals surface area contributed by atoms with E-state index in [1.807, 2.05) is 0 Å². The van der Waals surface area contributed by atoms with Crippen LogP contribution in [-0.4, -0.2) is 40.0 Å². The van der Waals surface area contributed by atoms with Gasteiger partial charge in [-0.15, -0.1) is 0 Å². The summed E-state index contributed by atoms with van der Waals surface area (Å²) in [6.45, 7) is 9.96. The summed E-state index contributed by atoms with van der Waals surface area (Å²) in [5.41, 5.74) is 5.01. The van der Waals surface area contributed by atoms with Crippen LogP contribution in [0.15, 0.2) is 59.6 Å². The molecule has 0 saturated carbocycles. The number of hydrogen-bond donors (Lipinski definition) is 1. The third-order valence-corrected chi connectivity index (χ3v) is 3.76. The zero-order valence-electron chi connectivity index (χ0n) is 19.2. The molecule has 0 spiro atoms. The Morgan fingerprint density at radius 2 is 1.22 bits per heavy atom. The molecule has 2 rings (SSSR count). The maximum atomic E-state index is 13.1. The first-order chi connectivity index (χ1) is 14.8. The lowest BCUT2D eigenvalue weighted by atomic mass is 10.1. The van der Waals surface area contributed by atoms with E-state index in [9.17, 15) is 14.4 Å². The number of hydrogen-bond acceptors (Lipinski definition) is 6. The Kier molecular flexibility index (Phi) is 7.40. The minimum atomic E-state index is -1.02. The van der Waals surface area contributed by atoms with Gasteiger partial charge in [-0.05, 0) is 77.9 Å². The fourth-order valence-electron chi connectivity index (χ4n) is 2.48. The predicted octanol–water partition coefficient (Wildman–Crippen LogP) is 5.03. The second-order valence-electron chi connectivity index (χ2n) is 9.02. The number of nitrogens with zero attached hydrogens (tertiary/aromatic N) is 2. The highest BCUT2D eigenvalue weighted by Crippen LogP contribution is 2.19. The molecule has 8 heteroatoms. The van der Waals surface area contributed by atoms with Crippen LogP contribution in [0.2, 0.25) is 0 Å². The number of imide groups is 1. The Hall–Kier alpha value is -3.68. The first kappa shape index (κ1) is 24.6. The van der Waals surface area contributed by atoms with Gasteiger partial charge in [0.05, 0.1) is 0 Å². The van der Waals surface area contributed by atoms with Gasteiger partial charge in [-0.25, -0.2) is 9.59 Å². The minimum Gasteiger partial charge on any atom is -0.443 e. The van der Waals surface area contributed by atoms with Crippen LogP contribution in [-0.2, 0) is 9.47 Å². The zero-order chi connectivity index (χ0) is 24.1. The first-order valence-corrected chi connectivity index (χ1v) is 10.1. The number of benzene rings is 2. The third kappa shape index (κ3) is 7.23. The highest BCUT2D eigenvalue weighted by Gasteiger charge is 2.36. The van der Waals surface area contributed by atoms with Gasteiger partial charge in [-0.1, -0.05) is 18.2 Å². The van der Waals surface area contributed by atoms with Crippen LogP contribution in [0, 0.1) is 0 Å². The van der Waals surface area contributed by atoms with E-state index in [0.29, 0.717) is 16.2 Å². The van der Waals surface area contributed by atoms with Crippen molar-refractivity contribution in [2.24, 2.45) is 4.99 Å². The summed E-state index contributed by atoms with van der Waals surface area (Å²) >= 11 is 0. The fraction of sp³-hybridized carbons (Fsp3) is 0.333. The van der Waals surface area contributed by atoms with Gasteiger partial charge in [0.1, 0.15) is 11.2 Å². The Bertz CT molecular complexity index is 973. The van der Waals surface area contributed by atoms with E-state index in [0.717, 1.165) is 0 Å². The van der Waals surface area contributed by atoms with Gasteiger partial charge in [0.2, 0.25) is 0 Å². The zero-order valence-corrected chi connectivity index (χ0v) is 19.2. The van der Waals surface area contributed by atoms with Crippen molar-refractivity contribution in [3.05, 3.63) is 65.7 Å². The lowest BCUT2D eigenvalue weighted by Crippen LogP contribution is -2.47. The lowest BCUT2D eigenvalue weighted by Gasteiger charge is -2.29. The second-order valence-corrected chi connectivity index (χ2v) is 9.02. The standard InChI is InChI=1S/C24H29N3O5/c1-23(2,3)31-21(29)27(22(30)32-24(4,5)6)19(16-12-14-18(25)15-13-16)26-20(28)17-10-8-7-9-11-17/h7-15H,25H2,1-6H3.